The Hall–Kier alpha value is -1.29. The van der Waals surface area contributed by atoms with Gasteiger partial charge < -0.3 is 0 Å². The Labute approximate surface area is 55.2 Å². The zero-order valence-corrected chi connectivity index (χ0v) is 3.95. The maximum absolute atomic E-state index is 8.52. The molecule has 1 heteroatoms. The average molecular weight is 108 g/mol. The molecule has 0 unspecified atom stereocenters. The summed E-state index contributed by atoms with van der Waals surface area (Å²) in [6.07, 6.45) is 0. The first-order valence-corrected chi connectivity index (χ1v) is 1.97. The van der Waals surface area contributed by atoms with Crippen molar-refractivity contribution in [1.29, 1.82) is 5.26 Å². The van der Waals surface area contributed by atoms with Crippen LogP contribution in [0.1, 0.15) is 12.4 Å². The predicted molar refractivity (Wildman–Crippen MR) is 31.2 cm³/mol. The summed E-state index contributed by atoms with van der Waals surface area (Å²) in [6, 6.07) is -0.754. The highest BCUT2D eigenvalue weighted by Crippen LogP contribution is 1.92. The predicted octanol–water partition coefficient (Wildman–Crippen LogP) is 1.56. The van der Waals surface area contributed by atoms with Gasteiger partial charge in [0.2, 0.25) is 0 Å². The fourth-order valence-corrected chi connectivity index (χ4v) is 0.306. The van der Waals surface area contributed by atoms with E-state index in [1.54, 1.807) is 6.07 Å². The monoisotopic (exact) mass is 108 g/mol. The zero-order valence-electron chi connectivity index (χ0n) is 8.95. The van der Waals surface area contributed by atoms with Crippen molar-refractivity contribution in [2.45, 2.75) is 0 Å². The summed E-state index contributed by atoms with van der Waals surface area (Å²) < 4.78 is 36.0. The minimum Gasteiger partial charge on any atom is -0.192 e. The van der Waals surface area contributed by atoms with E-state index in [1.165, 1.54) is 0 Å². The van der Waals surface area contributed by atoms with Gasteiger partial charge in [-0.1, -0.05) is 18.1 Å². The molecule has 1 aromatic rings. The van der Waals surface area contributed by atoms with Gasteiger partial charge >= 0.3 is 0 Å². The minimum atomic E-state index is -0.478. The third-order valence-corrected chi connectivity index (χ3v) is 0.612. The second-order valence-corrected chi connectivity index (χ2v) is 1.11. The minimum absolute atomic E-state index is 0.314. The van der Waals surface area contributed by atoms with Crippen LogP contribution in [-0.2, 0) is 0 Å². The first kappa shape index (κ1) is 1.60. The van der Waals surface area contributed by atoms with E-state index in [2.05, 4.69) is 0 Å². The van der Waals surface area contributed by atoms with Crippen LogP contribution in [0.5, 0.6) is 0 Å². The SMILES string of the molecule is [2H]c1c([2H])c([2H])c(C#N)c([2H])c1[2H]. The highest BCUT2D eigenvalue weighted by molar-refractivity contribution is 5.27. The van der Waals surface area contributed by atoms with Crippen molar-refractivity contribution < 1.29 is 6.85 Å². The van der Waals surface area contributed by atoms with Crippen LogP contribution in [-0.4, -0.2) is 0 Å². The van der Waals surface area contributed by atoms with Gasteiger partial charge in [0.05, 0.1) is 18.5 Å². The molecule has 0 aromatic heterocycles. The number of hydrogen-bond donors (Lipinski definition) is 0. The quantitative estimate of drug-likeness (QED) is 0.494. The Morgan fingerprint density at radius 1 is 1.38 bits per heavy atom. The standard InChI is InChI=1S/C7H5N/c8-6-7-4-2-1-3-5-7/h1-5H/i1D,2D,3D,4D,5D. The Morgan fingerprint density at radius 2 is 2.00 bits per heavy atom. The molecule has 0 fully saturated rings. The van der Waals surface area contributed by atoms with Gasteiger partial charge in [0.1, 0.15) is 0 Å². The smallest absolute Gasteiger partial charge is 0.0991 e. The van der Waals surface area contributed by atoms with Crippen LogP contribution in [0.3, 0.4) is 0 Å². The summed E-state index contributed by atoms with van der Waals surface area (Å²) in [7, 11) is 0. The van der Waals surface area contributed by atoms with Gasteiger partial charge in [-0.05, 0) is 12.1 Å². The molecule has 1 rings (SSSR count). The first-order valence-electron chi connectivity index (χ1n) is 4.47. The molecule has 1 nitrogen and oxygen atoms in total. The number of nitrogens with zero attached hydrogens (tertiary/aromatic N) is 1. The van der Waals surface area contributed by atoms with Crippen LogP contribution in [0.4, 0.5) is 0 Å². The van der Waals surface area contributed by atoms with E-state index in [1.807, 2.05) is 0 Å². The van der Waals surface area contributed by atoms with Crippen LogP contribution in [0.15, 0.2) is 30.2 Å². The van der Waals surface area contributed by atoms with Gasteiger partial charge in [-0.25, -0.2) is 0 Å². The van der Waals surface area contributed by atoms with Crippen LogP contribution >= 0.6 is 0 Å². The summed E-state index contributed by atoms with van der Waals surface area (Å²) in [5.41, 5.74) is -0.314. The molecule has 0 bridgehead atoms. The molecule has 0 aliphatic carbocycles. The molecule has 0 heterocycles. The molecule has 0 aliphatic heterocycles. The van der Waals surface area contributed by atoms with E-state index < -0.39 is 30.2 Å². The lowest BCUT2D eigenvalue weighted by molar-refractivity contribution is 1.49. The van der Waals surface area contributed by atoms with Gasteiger partial charge in [0, 0.05) is 0 Å². The normalized spacial score (nSPS) is 16.6. The topological polar surface area (TPSA) is 23.8 Å². The summed E-state index contributed by atoms with van der Waals surface area (Å²) in [4.78, 5) is 0. The third kappa shape index (κ3) is 0.855. The molecule has 8 heavy (non-hydrogen) atoms. The first-order chi connectivity index (χ1) is 6.00. The van der Waals surface area contributed by atoms with Gasteiger partial charge in [0.25, 0.3) is 0 Å². The van der Waals surface area contributed by atoms with E-state index >= 15 is 0 Å². The molecule has 0 N–H and O–H groups in total. The van der Waals surface area contributed by atoms with E-state index in [0.717, 1.165) is 0 Å². The zero-order chi connectivity index (χ0) is 10.2. The van der Waals surface area contributed by atoms with Crippen molar-refractivity contribution >= 4 is 0 Å². The average Bonchev–Trinajstić information content (AvgIpc) is 2.13. The fraction of sp³-hybridized carbons (Fsp3) is 0. The lowest BCUT2D eigenvalue weighted by Crippen LogP contribution is -1.66. The Balaban J connectivity index is 3.69. The Bertz CT molecular complexity index is 377. The van der Waals surface area contributed by atoms with Gasteiger partial charge in [0.15, 0.2) is 0 Å². The molecule has 0 amide bonds. The lowest BCUT2D eigenvalue weighted by Gasteiger charge is -1.80. The van der Waals surface area contributed by atoms with Crippen molar-refractivity contribution in [2.75, 3.05) is 0 Å². The molecular formula is C7H5N. The Kier molecular flexibility index (Phi) is 0.425. The number of nitriles is 1. The largest absolute Gasteiger partial charge is 0.192 e. The third-order valence-electron chi connectivity index (χ3n) is 0.612. The summed E-state index contributed by atoms with van der Waals surface area (Å²) >= 11 is 0. The van der Waals surface area contributed by atoms with Crippen LogP contribution in [0.2, 0.25) is 0 Å². The van der Waals surface area contributed by atoms with Crippen molar-refractivity contribution in [3.05, 3.63) is 35.8 Å². The van der Waals surface area contributed by atoms with E-state index in [9.17, 15) is 0 Å². The van der Waals surface area contributed by atoms with E-state index in [0.29, 0.717) is 0 Å². The molecule has 0 atom stereocenters. The molecule has 0 radical (unpaired) electrons. The summed E-state index contributed by atoms with van der Waals surface area (Å²) in [5.74, 6) is 0. The van der Waals surface area contributed by atoms with Gasteiger partial charge in [-0.3, -0.25) is 0 Å². The second kappa shape index (κ2) is 2.13. The molecular weight excluding hydrogens is 98.1 g/mol. The summed E-state index contributed by atoms with van der Waals surface area (Å²) in [5, 5.41) is 8.52. The maximum atomic E-state index is 8.52. The van der Waals surface area contributed by atoms with Gasteiger partial charge in [-0.15, -0.1) is 0 Å². The number of rotatable bonds is 0. The van der Waals surface area contributed by atoms with E-state index in [4.69, 9.17) is 12.1 Å². The van der Waals surface area contributed by atoms with Crippen LogP contribution in [0.25, 0.3) is 0 Å². The molecule has 0 saturated heterocycles. The lowest BCUT2D eigenvalue weighted by atomic mass is 10.2. The summed E-state index contributed by atoms with van der Waals surface area (Å²) in [6.45, 7) is 0. The molecule has 0 spiro atoms. The highest BCUT2D eigenvalue weighted by Gasteiger charge is 1.79. The maximum Gasteiger partial charge on any atom is 0.0991 e. The fourth-order valence-electron chi connectivity index (χ4n) is 0.306. The van der Waals surface area contributed by atoms with Crippen molar-refractivity contribution in [3.8, 4) is 6.07 Å². The second-order valence-electron chi connectivity index (χ2n) is 1.11. The molecule has 0 saturated carbocycles. The highest BCUT2D eigenvalue weighted by atomic mass is 14.2. The number of benzene rings is 1. The van der Waals surface area contributed by atoms with Gasteiger partial charge in [-0.2, -0.15) is 5.26 Å². The van der Waals surface area contributed by atoms with E-state index in [-0.39, 0.29) is 5.56 Å². The molecule has 1 aromatic carbocycles. The van der Waals surface area contributed by atoms with Crippen molar-refractivity contribution in [1.82, 2.24) is 0 Å². The molecule has 38 valence electrons. The van der Waals surface area contributed by atoms with Crippen molar-refractivity contribution in [2.24, 2.45) is 0 Å². The van der Waals surface area contributed by atoms with Crippen molar-refractivity contribution in [3.63, 3.8) is 0 Å². The van der Waals surface area contributed by atoms with Crippen LogP contribution in [0, 0.1) is 11.3 Å². The molecule has 0 aliphatic rings. The van der Waals surface area contributed by atoms with Crippen LogP contribution < -0.4 is 0 Å². The Morgan fingerprint density at radius 3 is 2.50 bits per heavy atom. The number of hydrogen-bond acceptors (Lipinski definition) is 1.